The van der Waals surface area contributed by atoms with Crippen molar-refractivity contribution in [3.8, 4) is 5.75 Å². The van der Waals surface area contributed by atoms with Crippen LogP contribution in [-0.4, -0.2) is 43.6 Å². The first kappa shape index (κ1) is 17.5. The number of nitrogens with one attached hydrogen (secondary N) is 1. The predicted octanol–water partition coefficient (Wildman–Crippen LogP) is 3.38. The van der Waals surface area contributed by atoms with Gasteiger partial charge in [-0.1, -0.05) is 43.0 Å². The normalized spacial score (nSPS) is 14.6. The number of carbonyl (C=O) groups is 1. The number of rotatable bonds is 8. The second-order valence-corrected chi connectivity index (χ2v) is 6.53. The Morgan fingerprint density at radius 1 is 1.12 bits per heavy atom. The number of hydrogen-bond acceptors (Lipinski definition) is 3. The van der Waals surface area contributed by atoms with Gasteiger partial charge in [0.05, 0.1) is 0 Å². The molecule has 4 heteroatoms. The highest BCUT2D eigenvalue weighted by molar-refractivity contribution is 5.93. The van der Waals surface area contributed by atoms with Crippen molar-refractivity contribution >= 4 is 16.7 Å². The lowest BCUT2D eigenvalue weighted by Crippen LogP contribution is -2.30. The second kappa shape index (κ2) is 8.67. The minimum Gasteiger partial charge on any atom is -0.488 e. The maximum Gasteiger partial charge on any atom is 0.250 e. The van der Waals surface area contributed by atoms with Gasteiger partial charge in [-0.15, -0.1) is 0 Å². The molecule has 0 atom stereocenters. The molecule has 0 saturated carbocycles. The third kappa shape index (κ3) is 4.83. The van der Waals surface area contributed by atoms with Crippen LogP contribution in [-0.2, 0) is 4.79 Å². The minimum atomic E-state index is -0.123. The van der Waals surface area contributed by atoms with Crippen LogP contribution in [0.1, 0.15) is 19.3 Å². The second-order valence-electron chi connectivity index (χ2n) is 6.53. The third-order valence-electron chi connectivity index (χ3n) is 4.61. The molecule has 1 fully saturated rings. The van der Waals surface area contributed by atoms with Crippen LogP contribution < -0.4 is 10.1 Å². The molecule has 0 radical (unpaired) electrons. The number of likely N-dealkylation sites (tertiary alicyclic amines) is 1. The fourth-order valence-corrected chi connectivity index (χ4v) is 3.19. The topological polar surface area (TPSA) is 41.6 Å². The smallest absolute Gasteiger partial charge is 0.250 e. The molecule has 3 rings (SSSR count). The zero-order chi connectivity index (χ0) is 17.5. The minimum absolute atomic E-state index is 0.123. The van der Waals surface area contributed by atoms with Gasteiger partial charge in [0.2, 0.25) is 5.91 Å². The molecule has 2 aromatic rings. The molecule has 0 bridgehead atoms. The Labute approximate surface area is 149 Å². The van der Waals surface area contributed by atoms with Crippen LogP contribution in [0.25, 0.3) is 10.8 Å². The maximum atomic E-state index is 12.1. The summed E-state index contributed by atoms with van der Waals surface area (Å²) in [5.74, 6) is 0.655. The Morgan fingerprint density at radius 3 is 2.72 bits per heavy atom. The molecule has 2 aromatic carbocycles. The Morgan fingerprint density at radius 2 is 1.88 bits per heavy atom. The van der Waals surface area contributed by atoms with E-state index in [0.29, 0.717) is 12.1 Å². The van der Waals surface area contributed by atoms with Gasteiger partial charge in [0.1, 0.15) is 12.4 Å². The number of carbonyl (C=O) groups excluding carboxylic acids is 1. The van der Waals surface area contributed by atoms with Gasteiger partial charge >= 0.3 is 0 Å². The zero-order valence-corrected chi connectivity index (χ0v) is 14.7. The summed E-state index contributed by atoms with van der Waals surface area (Å²) in [7, 11) is 0. The number of fused-ring (bicyclic) bond motifs is 1. The summed E-state index contributed by atoms with van der Waals surface area (Å²) < 4.78 is 5.82. The van der Waals surface area contributed by atoms with Crippen molar-refractivity contribution in [2.45, 2.75) is 19.3 Å². The van der Waals surface area contributed by atoms with Crippen LogP contribution in [0.5, 0.6) is 5.75 Å². The average Bonchev–Trinajstić information content (AvgIpc) is 3.16. The molecular weight excluding hydrogens is 312 g/mol. The largest absolute Gasteiger partial charge is 0.488 e. The Hall–Kier alpha value is -2.33. The van der Waals surface area contributed by atoms with Gasteiger partial charge in [0.25, 0.3) is 0 Å². The molecule has 1 aliphatic heterocycles. The van der Waals surface area contributed by atoms with Crippen molar-refractivity contribution in [1.29, 1.82) is 0 Å². The predicted molar refractivity (Wildman–Crippen MR) is 102 cm³/mol. The number of ether oxygens (including phenoxy) is 1. The fraction of sp³-hybridized carbons (Fsp3) is 0.381. The molecule has 4 nitrogen and oxygen atoms in total. The molecule has 132 valence electrons. The van der Waals surface area contributed by atoms with E-state index >= 15 is 0 Å². The lowest BCUT2D eigenvalue weighted by Gasteiger charge is -2.15. The maximum absolute atomic E-state index is 12.1. The van der Waals surface area contributed by atoms with Crippen molar-refractivity contribution in [3.63, 3.8) is 0 Å². The Bertz CT molecular complexity index is 730. The van der Waals surface area contributed by atoms with Crippen molar-refractivity contribution < 1.29 is 9.53 Å². The standard InChI is InChI=1S/C21H26N2O2/c1-17(21(24)22-12-7-15-23-13-4-5-14-23)16-25-20-11-6-9-18-8-2-3-10-19(18)20/h2-3,6,8-11H,1,4-5,7,12-16H2,(H,22,24). The summed E-state index contributed by atoms with van der Waals surface area (Å²) in [4.78, 5) is 14.6. The first-order chi connectivity index (χ1) is 12.2. The molecule has 0 unspecified atom stereocenters. The van der Waals surface area contributed by atoms with Gasteiger partial charge < -0.3 is 15.0 Å². The monoisotopic (exact) mass is 338 g/mol. The van der Waals surface area contributed by atoms with Crippen molar-refractivity contribution in [2.75, 3.05) is 32.8 Å². The lowest BCUT2D eigenvalue weighted by atomic mass is 10.1. The van der Waals surface area contributed by atoms with E-state index in [0.717, 1.165) is 29.5 Å². The van der Waals surface area contributed by atoms with Crippen molar-refractivity contribution in [1.82, 2.24) is 10.2 Å². The highest BCUT2D eigenvalue weighted by atomic mass is 16.5. The quantitative estimate of drug-likeness (QED) is 0.593. The molecule has 25 heavy (non-hydrogen) atoms. The first-order valence-electron chi connectivity index (χ1n) is 9.03. The van der Waals surface area contributed by atoms with Crippen LogP contribution in [0.15, 0.2) is 54.6 Å². The van der Waals surface area contributed by atoms with E-state index in [-0.39, 0.29) is 12.5 Å². The van der Waals surface area contributed by atoms with E-state index < -0.39 is 0 Å². The number of hydrogen-bond donors (Lipinski definition) is 1. The molecular formula is C21H26N2O2. The molecule has 1 saturated heterocycles. The summed E-state index contributed by atoms with van der Waals surface area (Å²) in [6.07, 6.45) is 3.58. The van der Waals surface area contributed by atoms with Crippen molar-refractivity contribution in [2.24, 2.45) is 0 Å². The molecule has 0 spiro atoms. The SMILES string of the molecule is C=C(COc1cccc2ccccc12)C(=O)NCCCN1CCCC1. The lowest BCUT2D eigenvalue weighted by molar-refractivity contribution is -0.117. The molecule has 1 heterocycles. The zero-order valence-electron chi connectivity index (χ0n) is 14.7. The molecule has 0 aliphatic carbocycles. The van der Waals surface area contributed by atoms with Crippen LogP contribution in [0, 0.1) is 0 Å². The number of nitrogens with zero attached hydrogens (tertiary/aromatic N) is 1. The van der Waals surface area contributed by atoms with Crippen LogP contribution in [0.4, 0.5) is 0 Å². The van der Waals surface area contributed by atoms with Gasteiger partial charge in [-0.05, 0) is 50.3 Å². The molecule has 1 aliphatic rings. The summed E-state index contributed by atoms with van der Waals surface area (Å²) in [6, 6.07) is 14.0. The Balaban J connectivity index is 1.42. The molecule has 0 aromatic heterocycles. The average molecular weight is 338 g/mol. The molecule has 1 amide bonds. The van der Waals surface area contributed by atoms with Gasteiger partial charge in [-0.2, -0.15) is 0 Å². The van der Waals surface area contributed by atoms with E-state index in [1.165, 1.54) is 25.9 Å². The van der Waals surface area contributed by atoms with E-state index in [4.69, 9.17) is 4.74 Å². The number of benzene rings is 2. The highest BCUT2D eigenvalue weighted by Gasteiger charge is 2.12. The summed E-state index contributed by atoms with van der Waals surface area (Å²) in [5.41, 5.74) is 0.453. The number of amides is 1. The Kier molecular flexibility index (Phi) is 6.07. The van der Waals surface area contributed by atoms with Crippen LogP contribution in [0.2, 0.25) is 0 Å². The third-order valence-corrected chi connectivity index (χ3v) is 4.61. The van der Waals surface area contributed by atoms with E-state index in [9.17, 15) is 4.79 Å². The van der Waals surface area contributed by atoms with Crippen LogP contribution >= 0.6 is 0 Å². The van der Waals surface area contributed by atoms with Crippen LogP contribution in [0.3, 0.4) is 0 Å². The van der Waals surface area contributed by atoms with E-state index in [2.05, 4.69) is 16.8 Å². The van der Waals surface area contributed by atoms with Crippen molar-refractivity contribution in [3.05, 3.63) is 54.6 Å². The van der Waals surface area contributed by atoms with E-state index in [1.54, 1.807) is 0 Å². The van der Waals surface area contributed by atoms with E-state index in [1.807, 2.05) is 42.5 Å². The summed E-state index contributed by atoms with van der Waals surface area (Å²) >= 11 is 0. The fourth-order valence-electron chi connectivity index (χ4n) is 3.19. The van der Waals surface area contributed by atoms with Gasteiger partial charge in [-0.25, -0.2) is 0 Å². The van der Waals surface area contributed by atoms with Gasteiger partial charge in [0.15, 0.2) is 0 Å². The summed E-state index contributed by atoms with van der Waals surface area (Å²) in [6.45, 7) is 8.18. The summed E-state index contributed by atoms with van der Waals surface area (Å²) in [5, 5.41) is 5.10. The first-order valence-corrected chi connectivity index (χ1v) is 9.03. The molecule has 1 N–H and O–H groups in total. The van der Waals surface area contributed by atoms with Gasteiger partial charge in [0, 0.05) is 17.5 Å². The van der Waals surface area contributed by atoms with Gasteiger partial charge in [-0.3, -0.25) is 4.79 Å². The highest BCUT2D eigenvalue weighted by Crippen LogP contribution is 2.25.